The minimum atomic E-state index is 0.633. The van der Waals surface area contributed by atoms with Crippen LogP contribution in [-0.2, 0) is 0 Å². The zero-order valence-corrected chi connectivity index (χ0v) is 10.2. The van der Waals surface area contributed by atoms with Crippen LogP contribution < -0.4 is 10.1 Å². The first-order valence-electron chi connectivity index (χ1n) is 5.21. The Kier molecular flexibility index (Phi) is 6.28. The van der Waals surface area contributed by atoms with E-state index in [1.54, 1.807) is 11.8 Å². The molecule has 0 atom stereocenters. The molecule has 0 aliphatic carbocycles. The molecule has 1 N–H and O–H groups in total. The SMILES string of the molecule is C#CCSCCNc1cccc(OCC)n1. The van der Waals surface area contributed by atoms with Crippen molar-refractivity contribution in [2.45, 2.75) is 6.92 Å². The molecule has 0 spiro atoms. The summed E-state index contributed by atoms with van der Waals surface area (Å²) < 4.78 is 5.31. The number of thioether (sulfide) groups is 1. The number of hydrogen-bond acceptors (Lipinski definition) is 4. The molecule has 1 rings (SSSR count). The maximum absolute atomic E-state index is 5.31. The van der Waals surface area contributed by atoms with E-state index in [0.717, 1.165) is 23.9 Å². The Labute approximate surface area is 101 Å². The summed E-state index contributed by atoms with van der Waals surface area (Å²) in [6.45, 7) is 3.43. The van der Waals surface area contributed by atoms with Gasteiger partial charge in [0.1, 0.15) is 5.82 Å². The molecule has 4 heteroatoms. The van der Waals surface area contributed by atoms with Gasteiger partial charge in [0.05, 0.1) is 12.4 Å². The van der Waals surface area contributed by atoms with Crippen LogP contribution in [-0.4, -0.2) is 29.6 Å². The van der Waals surface area contributed by atoms with Gasteiger partial charge in [-0.25, -0.2) is 0 Å². The van der Waals surface area contributed by atoms with E-state index in [4.69, 9.17) is 11.2 Å². The van der Waals surface area contributed by atoms with Crippen molar-refractivity contribution in [2.75, 3.05) is 30.0 Å². The fourth-order valence-corrected chi connectivity index (χ4v) is 1.63. The summed E-state index contributed by atoms with van der Waals surface area (Å²) in [6, 6.07) is 5.70. The Bertz CT molecular complexity index is 349. The van der Waals surface area contributed by atoms with Gasteiger partial charge in [-0.1, -0.05) is 12.0 Å². The highest BCUT2D eigenvalue weighted by Crippen LogP contribution is 2.11. The summed E-state index contributed by atoms with van der Waals surface area (Å²) in [5, 5.41) is 3.22. The average molecular weight is 236 g/mol. The number of rotatable bonds is 7. The number of nitrogens with one attached hydrogen (secondary N) is 1. The Morgan fingerprint density at radius 3 is 3.19 bits per heavy atom. The molecule has 0 bridgehead atoms. The fourth-order valence-electron chi connectivity index (χ4n) is 1.12. The quantitative estimate of drug-likeness (QED) is 0.581. The lowest BCUT2D eigenvalue weighted by Gasteiger charge is -2.06. The molecule has 0 aromatic carbocycles. The summed E-state index contributed by atoms with van der Waals surface area (Å²) in [4.78, 5) is 4.30. The molecule has 0 fully saturated rings. The summed E-state index contributed by atoms with van der Waals surface area (Å²) in [5.41, 5.74) is 0. The summed E-state index contributed by atoms with van der Waals surface area (Å²) in [7, 11) is 0. The van der Waals surface area contributed by atoms with Gasteiger partial charge in [-0.3, -0.25) is 0 Å². The molecule has 0 unspecified atom stereocenters. The van der Waals surface area contributed by atoms with Gasteiger partial charge >= 0.3 is 0 Å². The third kappa shape index (κ3) is 4.94. The van der Waals surface area contributed by atoms with Gasteiger partial charge in [0, 0.05) is 18.4 Å². The number of terminal acetylenes is 1. The monoisotopic (exact) mass is 236 g/mol. The van der Waals surface area contributed by atoms with Crippen LogP contribution in [0.2, 0.25) is 0 Å². The molecule has 86 valence electrons. The van der Waals surface area contributed by atoms with Crippen LogP contribution in [0.1, 0.15) is 6.92 Å². The minimum absolute atomic E-state index is 0.633. The Morgan fingerprint density at radius 1 is 1.56 bits per heavy atom. The molecule has 1 heterocycles. The number of ether oxygens (including phenoxy) is 1. The third-order valence-electron chi connectivity index (χ3n) is 1.75. The van der Waals surface area contributed by atoms with Gasteiger partial charge in [0.2, 0.25) is 5.88 Å². The van der Waals surface area contributed by atoms with Crippen LogP contribution >= 0.6 is 11.8 Å². The molecular weight excluding hydrogens is 220 g/mol. The lowest BCUT2D eigenvalue weighted by molar-refractivity contribution is 0.327. The van der Waals surface area contributed by atoms with E-state index < -0.39 is 0 Å². The molecule has 0 saturated heterocycles. The molecule has 0 saturated carbocycles. The van der Waals surface area contributed by atoms with Gasteiger partial charge in [0.15, 0.2) is 0 Å². The Hall–Kier alpha value is -1.34. The molecule has 1 aromatic heterocycles. The fraction of sp³-hybridized carbons (Fsp3) is 0.417. The zero-order chi connectivity index (χ0) is 11.6. The Balaban J connectivity index is 2.30. The predicted octanol–water partition coefficient (Wildman–Crippen LogP) is 2.26. The topological polar surface area (TPSA) is 34.1 Å². The van der Waals surface area contributed by atoms with E-state index in [1.165, 1.54) is 0 Å². The smallest absolute Gasteiger partial charge is 0.215 e. The molecule has 0 aliphatic rings. The van der Waals surface area contributed by atoms with Crippen molar-refractivity contribution in [1.82, 2.24) is 4.98 Å². The maximum Gasteiger partial charge on any atom is 0.215 e. The summed E-state index contributed by atoms with van der Waals surface area (Å²) >= 11 is 1.73. The maximum atomic E-state index is 5.31. The zero-order valence-electron chi connectivity index (χ0n) is 9.40. The predicted molar refractivity (Wildman–Crippen MR) is 70.1 cm³/mol. The van der Waals surface area contributed by atoms with Crippen molar-refractivity contribution in [3.63, 3.8) is 0 Å². The van der Waals surface area contributed by atoms with E-state index >= 15 is 0 Å². The van der Waals surface area contributed by atoms with E-state index in [2.05, 4.69) is 16.2 Å². The first-order chi connectivity index (χ1) is 7.86. The van der Waals surface area contributed by atoms with Gasteiger partial charge in [-0.15, -0.1) is 18.2 Å². The van der Waals surface area contributed by atoms with Gasteiger partial charge in [-0.2, -0.15) is 4.98 Å². The second kappa shape index (κ2) is 7.89. The van der Waals surface area contributed by atoms with Gasteiger partial charge < -0.3 is 10.1 Å². The molecule has 0 amide bonds. The number of aromatic nitrogens is 1. The lowest BCUT2D eigenvalue weighted by atomic mass is 10.4. The van der Waals surface area contributed by atoms with Gasteiger partial charge in [-0.05, 0) is 13.0 Å². The molecular formula is C12H16N2OS. The molecule has 0 aliphatic heterocycles. The van der Waals surface area contributed by atoms with E-state index in [9.17, 15) is 0 Å². The minimum Gasteiger partial charge on any atom is -0.478 e. The van der Waals surface area contributed by atoms with Crippen LogP contribution in [0.5, 0.6) is 5.88 Å². The average Bonchev–Trinajstić information content (AvgIpc) is 2.30. The highest BCUT2D eigenvalue weighted by molar-refractivity contribution is 7.99. The van der Waals surface area contributed by atoms with Crippen LogP contribution in [0, 0.1) is 12.3 Å². The molecule has 16 heavy (non-hydrogen) atoms. The van der Waals surface area contributed by atoms with E-state index in [1.807, 2.05) is 25.1 Å². The lowest BCUT2D eigenvalue weighted by Crippen LogP contribution is -2.06. The molecule has 3 nitrogen and oxygen atoms in total. The highest BCUT2D eigenvalue weighted by atomic mass is 32.2. The standard InChI is InChI=1S/C12H16N2OS/c1-3-9-16-10-8-13-11-6-5-7-12(14-11)15-4-2/h1,5-7H,4,8-10H2,2H3,(H,13,14). The van der Waals surface area contributed by atoms with Crippen molar-refractivity contribution in [3.05, 3.63) is 18.2 Å². The number of anilines is 1. The molecule has 0 radical (unpaired) electrons. The highest BCUT2D eigenvalue weighted by Gasteiger charge is 1.96. The van der Waals surface area contributed by atoms with Crippen LogP contribution in [0.4, 0.5) is 5.82 Å². The van der Waals surface area contributed by atoms with E-state index in [0.29, 0.717) is 12.5 Å². The number of pyridine rings is 1. The van der Waals surface area contributed by atoms with Crippen molar-refractivity contribution >= 4 is 17.6 Å². The van der Waals surface area contributed by atoms with Crippen molar-refractivity contribution in [2.24, 2.45) is 0 Å². The second-order valence-corrected chi connectivity index (χ2v) is 4.08. The van der Waals surface area contributed by atoms with E-state index in [-0.39, 0.29) is 0 Å². The Morgan fingerprint density at radius 2 is 2.44 bits per heavy atom. The third-order valence-corrected chi connectivity index (χ3v) is 2.62. The van der Waals surface area contributed by atoms with Crippen LogP contribution in [0.25, 0.3) is 0 Å². The van der Waals surface area contributed by atoms with Gasteiger partial charge in [0.25, 0.3) is 0 Å². The summed E-state index contributed by atoms with van der Waals surface area (Å²) in [6.07, 6.45) is 5.15. The normalized spacial score (nSPS) is 9.50. The van der Waals surface area contributed by atoms with Crippen LogP contribution in [0.15, 0.2) is 18.2 Å². The first kappa shape index (κ1) is 12.7. The van der Waals surface area contributed by atoms with Crippen molar-refractivity contribution in [1.29, 1.82) is 0 Å². The number of nitrogens with zero attached hydrogens (tertiary/aromatic N) is 1. The van der Waals surface area contributed by atoms with Crippen molar-refractivity contribution < 1.29 is 4.74 Å². The first-order valence-corrected chi connectivity index (χ1v) is 6.37. The second-order valence-electron chi connectivity index (χ2n) is 2.98. The largest absolute Gasteiger partial charge is 0.478 e. The number of hydrogen-bond donors (Lipinski definition) is 1. The van der Waals surface area contributed by atoms with Crippen molar-refractivity contribution in [3.8, 4) is 18.2 Å². The summed E-state index contributed by atoms with van der Waals surface area (Å²) in [5.74, 6) is 5.82. The van der Waals surface area contributed by atoms with Crippen LogP contribution in [0.3, 0.4) is 0 Å². The molecule has 1 aromatic rings.